The van der Waals surface area contributed by atoms with Crippen LogP contribution in [0.15, 0.2) is 42.6 Å². The van der Waals surface area contributed by atoms with Gasteiger partial charge in [-0.3, -0.25) is 9.89 Å². The van der Waals surface area contributed by atoms with Gasteiger partial charge in [-0.15, -0.1) is 0 Å². The minimum Gasteiger partial charge on any atom is -0.335 e. The maximum Gasteiger partial charge on any atom is 0.322 e. The summed E-state index contributed by atoms with van der Waals surface area (Å²) < 4.78 is 0. The third kappa shape index (κ3) is 5.58. The molecule has 0 radical (unpaired) electrons. The van der Waals surface area contributed by atoms with Crippen molar-refractivity contribution >= 4 is 34.6 Å². The number of fused-ring (bicyclic) bond motifs is 4. The van der Waals surface area contributed by atoms with E-state index in [2.05, 4.69) is 31.8 Å². The number of para-hydroxylation sites is 1. The summed E-state index contributed by atoms with van der Waals surface area (Å²) in [5, 5.41) is 14.4. The molecule has 0 aliphatic carbocycles. The maximum atomic E-state index is 13.8. The summed E-state index contributed by atoms with van der Waals surface area (Å²) in [5.74, 6) is -0.0510. The fraction of sp³-hybridized carbons (Fsp3) is 0.467. The van der Waals surface area contributed by atoms with Gasteiger partial charge in [0.25, 0.3) is 0 Å². The number of nitrogens with one attached hydrogen (secondary N) is 3. The lowest BCUT2D eigenvalue weighted by atomic mass is 9.94. The molecule has 0 bridgehead atoms. The second-order valence-corrected chi connectivity index (χ2v) is 11.6. The number of piperidine rings is 1. The molecule has 1 atom stereocenters. The lowest BCUT2D eigenvalue weighted by molar-refractivity contribution is -0.134. The van der Waals surface area contributed by atoms with E-state index in [0.717, 1.165) is 34.3 Å². The Labute approximate surface area is 239 Å². The Hall–Kier alpha value is -4.12. The van der Waals surface area contributed by atoms with Crippen LogP contribution in [0.1, 0.15) is 36.0 Å². The largest absolute Gasteiger partial charge is 0.335 e. The Kier molecular flexibility index (Phi) is 7.53. The number of nitrogens with zero attached hydrogens (tertiary/aromatic N) is 5. The van der Waals surface area contributed by atoms with Gasteiger partial charge in [0.05, 0.1) is 11.7 Å². The Morgan fingerprint density at radius 3 is 2.66 bits per heavy atom. The molecule has 0 saturated carbocycles. The number of likely N-dealkylation sites (N-methyl/N-ethyl adjacent to an activating group) is 1. The summed E-state index contributed by atoms with van der Waals surface area (Å²) in [4.78, 5) is 47.6. The quantitative estimate of drug-likeness (QED) is 0.445. The minimum atomic E-state index is -0.597. The van der Waals surface area contributed by atoms with E-state index in [1.54, 1.807) is 4.90 Å². The minimum absolute atomic E-state index is 0.0510. The highest BCUT2D eigenvalue weighted by atomic mass is 16.2. The van der Waals surface area contributed by atoms with Crippen molar-refractivity contribution < 1.29 is 14.4 Å². The van der Waals surface area contributed by atoms with Gasteiger partial charge in [-0.05, 0) is 68.6 Å². The van der Waals surface area contributed by atoms with Crippen molar-refractivity contribution in [1.82, 2.24) is 35.1 Å². The SMILES string of the molecule is CN(C)CCN1Cc2c(ccc3[nH]ncc23)CC[C@@H](NC(=O)N2CCC(N3Cc4ccccc4NC3=O)CC2)C1=O. The molecule has 5 amide bonds. The van der Waals surface area contributed by atoms with Gasteiger partial charge >= 0.3 is 12.1 Å². The van der Waals surface area contributed by atoms with Gasteiger partial charge in [-0.1, -0.05) is 24.3 Å². The third-order valence-corrected chi connectivity index (χ3v) is 8.66. The fourth-order valence-corrected chi connectivity index (χ4v) is 6.24. The number of likely N-dealkylation sites (tertiary alicyclic amines) is 1. The maximum absolute atomic E-state index is 13.8. The first-order valence-electron chi connectivity index (χ1n) is 14.5. The van der Waals surface area contributed by atoms with Gasteiger partial charge in [0.15, 0.2) is 0 Å². The van der Waals surface area contributed by atoms with Crippen molar-refractivity contribution in [2.75, 3.05) is 45.6 Å². The van der Waals surface area contributed by atoms with E-state index in [1.807, 2.05) is 60.4 Å². The van der Waals surface area contributed by atoms with E-state index in [-0.39, 0.29) is 24.0 Å². The zero-order chi connectivity index (χ0) is 28.5. The number of urea groups is 2. The standard InChI is InChI=1S/C30H38N8O3/c1-35(2)15-16-37-19-24-20(7-9-26-23(24)17-31-34-26)8-10-27(28(37)39)33-29(40)36-13-11-22(12-14-36)38-18-21-5-3-4-6-25(21)32-30(38)41/h3-7,9,17,22,27H,8,10-16,18-19H2,1-2H3,(H,31,34)(H,32,41)(H,33,40)/t27-/m1/s1. The van der Waals surface area contributed by atoms with Gasteiger partial charge < -0.3 is 30.2 Å². The lowest BCUT2D eigenvalue weighted by Gasteiger charge is -2.41. The van der Waals surface area contributed by atoms with Gasteiger partial charge in [0.1, 0.15) is 6.04 Å². The summed E-state index contributed by atoms with van der Waals surface area (Å²) in [6.45, 7) is 3.43. The zero-order valence-electron chi connectivity index (χ0n) is 23.7. The van der Waals surface area contributed by atoms with Crippen molar-refractivity contribution in [2.45, 2.75) is 50.9 Å². The molecule has 0 unspecified atom stereocenters. The van der Waals surface area contributed by atoms with Crippen LogP contribution >= 0.6 is 0 Å². The molecule has 3 aliphatic heterocycles. The number of aromatic amines is 1. The number of anilines is 1. The Balaban J connectivity index is 1.11. The number of hydrogen-bond acceptors (Lipinski definition) is 5. The van der Waals surface area contributed by atoms with E-state index in [4.69, 9.17) is 0 Å². The van der Waals surface area contributed by atoms with Gasteiger partial charge in [0, 0.05) is 56.4 Å². The number of H-pyrrole nitrogens is 1. The number of carbonyl (C=O) groups is 3. The molecule has 216 valence electrons. The average Bonchev–Trinajstić information content (AvgIpc) is 3.45. The van der Waals surface area contributed by atoms with Crippen LogP contribution in [0, 0.1) is 0 Å². The molecule has 0 spiro atoms. The highest BCUT2D eigenvalue weighted by Crippen LogP contribution is 2.29. The molecule has 11 heteroatoms. The normalized spacial score (nSPS) is 20.0. The average molecular weight is 559 g/mol. The summed E-state index contributed by atoms with van der Waals surface area (Å²) in [6, 6.07) is 11.2. The molecule has 41 heavy (non-hydrogen) atoms. The smallest absolute Gasteiger partial charge is 0.322 e. The van der Waals surface area contributed by atoms with Crippen LogP contribution in [-0.2, 0) is 24.3 Å². The number of amides is 5. The first kappa shape index (κ1) is 27.1. The fourth-order valence-electron chi connectivity index (χ4n) is 6.24. The molecule has 1 saturated heterocycles. The second-order valence-electron chi connectivity index (χ2n) is 11.6. The van der Waals surface area contributed by atoms with Crippen molar-refractivity contribution in [3.8, 4) is 0 Å². The predicted octanol–water partition coefficient (Wildman–Crippen LogP) is 2.99. The molecular weight excluding hydrogens is 520 g/mol. The molecule has 3 aromatic rings. The predicted molar refractivity (Wildman–Crippen MR) is 156 cm³/mol. The first-order chi connectivity index (χ1) is 19.9. The van der Waals surface area contributed by atoms with E-state index >= 15 is 0 Å². The van der Waals surface area contributed by atoms with Crippen LogP contribution < -0.4 is 10.6 Å². The van der Waals surface area contributed by atoms with Gasteiger partial charge in [0.2, 0.25) is 5.91 Å². The Bertz CT molecular complexity index is 1440. The van der Waals surface area contributed by atoms with Crippen molar-refractivity contribution in [3.05, 3.63) is 59.3 Å². The monoisotopic (exact) mass is 558 g/mol. The second kappa shape index (κ2) is 11.4. The molecule has 4 heterocycles. The molecule has 3 aliphatic rings. The van der Waals surface area contributed by atoms with E-state index < -0.39 is 6.04 Å². The van der Waals surface area contributed by atoms with Crippen LogP contribution in [0.4, 0.5) is 15.3 Å². The zero-order valence-corrected chi connectivity index (χ0v) is 23.7. The van der Waals surface area contributed by atoms with Gasteiger partial charge in [-0.25, -0.2) is 9.59 Å². The van der Waals surface area contributed by atoms with Crippen molar-refractivity contribution in [3.63, 3.8) is 0 Å². The summed E-state index contributed by atoms with van der Waals surface area (Å²) >= 11 is 0. The molecule has 1 aromatic heterocycles. The highest BCUT2D eigenvalue weighted by molar-refractivity contribution is 5.92. The lowest BCUT2D eigenvalue weighted by Crippen LogP contribution is -2.56. The molecule has 3 N–H and O–H groups in total. The Morgan fingerprint density at radius 2 is 1.85 bits per heavy atom. The van der Waals surface area contributed by atoms with Crippen molar-refractivity contribution in [1.29, 1.82) is 0 Å². The van der Waals surface area contributed by atoms with Crippen LogP contribution in [-0.4, -0.2) is 100 Å². The van der Waals surface area contributed by atoms with Crippen LogP contribution in [0.2, 0.25) is 0 Å². The van der Waals surface area contributed by atoms with Crippen molar-refractivity contribution in [2.24, 2.45) is 0 Å². The Morgan fingerprint density at radius 1 is 1.05 bits per heavy atom. The third-order valence-electron chi connectivity index (χ3n) is 8.66. The van der Waals surface area contributed by atoms with Crippen LogP contribution in [0.25, 0.3) is 10.9 Å². The number of aromatic nitrogens is 2. The summed E-state index contributed by atoms with van der Waals surface area (Å²) in [6.07, 6.45) is 4.46. The number of rotatable bonds is 5. The summed E-state index contributed by atoms with van der Waals surface area (Å²) in [7, 11) is 3.98. The first-order valence-corrected chi connectivity index (χ1v) is 14.5. The van der Waals surface area contributed by atoms with E-state index in [0.29, 0.717) is 58.4 Å². The summed E-state index contributed by atoms with van der Waals surface area (Å²) in [5.41, 5.74) is 5.24. The molecular formula is C30H38N8O3. The number of aryl methyl sites for hydroxylation is 1. The number of benzene rings is 2. The highest BCUT2D eigenvalue weighted by Gasteiger charge is 2.35. The molecule has 11 nitrogen and oxygen atoms in total. The topological polar surface area (TPSA) is 117 Å². The van der Waals surface area contributed by atoms with E-state index in [1.165, 1.54) is 5.56 Å². The van der Waals surface area contributed by atoms with Crippen LogP contribution in [0.5, 0.6) is 0 Å². The number of hydrogen-bond donors (Lipinski definition) is 3. The molecule has 6 rings (SSSR count). The molecule has 2 aromatic carbocycles. The van der Waals surface area contributed by atoms with Gasteiger partial charge in [-0.2, -0.15) is 5.10 Å². The molecule has 1 fully saturated rings. The number of carbonyl (C=O) groups excluding carboxylic acids is 3. The van der Waals surface area contributed by atoms with Crippen LogP contribution in [0.3, 0.4) is 0 Å². The van der Waals surface area contributed by atoms with E-state index in [9.17, 15) is 14.4 Å².